The van der Waals surface area contributed by atoms with E-state index in [4.69, 9.17) is 15.1 Å². The maximum Gasteiger partial charge on any atom is 0.292 e. The van der Waals surface area contributed by atoms with Crippen LogP contribution in [0.4, 0.5) is 5.82 Å². The fraction of sp³-hybridized carbons (Fsp3) is 0.136. The van der Waals surface area contributed by atoms with Gasteiger partial charge in [-0.2, -0.15) is 4.68 Å². The van der Waals surface area contributed by atoms with E-state index in [0.29, 0.717) is 29.3 Å². The number of nitrogens with one attached hydrogen (secondary N) is 2. The molecular weight excluding hydrogens is 424 g/mol. The zero-order valence-corrected chi connectivity index (χ0v) is 17.9. The van der Waals surface area contributed by atoms with Crippen molar-refractivity contribution in [2.45, 2.75) is 13.3 Å². The summed E-state index contributed by atoms with van der Waals surface area (Å²) in [7, 11) is 0. The van der Waals surface area contributed by atoms with Crippen molar-refractivity contribution < 1.29 is 14.2 Å². The normalized spacial score (nSPS) is 10.6. The molecule has 4 rings (SSSR count). The number of nitrogen functional groups attached to an aromatic ring is 1. The van der Waals surface area contributed by atoms with Crippen molar-refractivity contribution >= 4 is 17.4 Å². The van der Waals surface area contributed by atoms with Crippen LogP contribution in [0.1, 0.15) is 29.4 Å². The average Bonchev–Trinajstić information content (AvgIpc) is 3.48. The Hall–Kier alpha value is -4.67. The van der Waals surface area contributed by atoms with Gasteiger partial charge in [0.1, 0.15) is 11.4 Å². The summed E-state index contributed by atoms with van der Waals surface area (Å²) in [5.74, 6) is 0.292. The van der Waals surface area contributed by atoms with Gasteiger partial charge in [-0.25, -0.2) is 4.63 Å². The first-order chi connectivity index (χ1) is 16.1. The molecular formula is C22H22N8O3. The van der Waals surface area contributed by atoms with Gasteiger partial charge in [-0.1, -0.05) is 49.0 Å². The molecule has 0 aliphatic rings. The summed E-state index contributed by atoms with van der Waals surface area (Å²) in [4.78, 5) is 13.0. The number of hydrogen-bond donors (Lipinski definition) is 3. The lowest BCUT2D eigenvalue weighted by molar-refractivity contribution is 0.0938. The van der Waals surface area contributed by atoms with E-state index in [1.807, 2.05) is 37.3 Å². The number of nitrogens with zero attached hydrogens (tertiary/aromatic N) is 5. The number of ether oxygens (including phenoxy) is 1. The Labute approximate surface area is 189 Å². The second kappa shape index (κ2) is 9.64. The first-order valence-corrected chi connectivity index (χ1v) is 10.2. The summed E-state index contributed by atoms with van der Waals surface area (Å²) in [6, 6.07) is 16.5. The molecule has 4 aromatic rings. The molecule has 0 atom stereocenters. The van der Waals surface area contributed by atoms with Gasteiger partial charge >= 0.3 is 0 Å². The summed E-state index contributed by atoms with van der Waals surface area (Å²) in [5.41, 5.74) is 13.6. The smallest absolute Gasteiger partial charge is 0.292 e. The third kappa shape index (κ3) is 4.66. The Bertz CT molecular complexity index is 1250. The Morgan fingerprint density at radius 3 is 2.55 bits per heavy atom. The van der Waals surface area contributed by atoms with Crippen LogP contribution in [0, 0.1) is 0 Å². The zero-order valence-electron chi connectivity index (χ0n) is 17.9. The van der Waals surface area contributed by atoms with Gasteiger partial charge in [0.05, 0.1) is 12.3 Å². The number of amides is 1. The molecule has 0 unspecified atom stereocenters. The predicted molar refractivity (Wildman–Crippen MR) is 121 cm³/mol. The number of hydrazine groups is 1. The van der Waals surface area contributed by atoms with Gasteiger partial charge in [0, 0.05) is 5.56 Å². The molecule has 168 valence electrons. The van der Waals surface area contributed by atoms with Crippen LogP contribution in [0.5, 0.6) is 5.75 Å². The minimum atomic E-state index is -0.533. The van der Waals surface area contributed by atoms with Crippen LogP contribution in [0.25, 0.3) is 22.8 Å². The summed E-state index contributed by atoms with van der Waals surface area (Å²) in [6.45, 7) is 6.56. The maximum absolute atomic E-state index is 13.0. The molecule has 2 heterocycles. The van der Waals surface area contributed by atoms with Crippen molar-refractivity contribution in [1.82, 2.24) is 36.2 Å². The van der Waals surface area contributed by atoms with Gasteiger partial charge in [0.2, 0.25) is 11.6 Å². The van der Waals surface area contributed by atoms with Gasteiger partial charge in [-0.05, 0) is 46.6 Å². The van der Waals surface area contributed by atoms with E-state index in [9.17, 15) is 4.79 Å². The number of nitrogens with two attached hydrogens (primary N) is 1. The van der Waals surface area contributed by atoms with Crippen LogP contribution < -0.4 is 21.3 Å². The molecule has 4 N–H and O–H groups in total. The third-order valence-corrected chi connectivity index (χ3v) is 4.63. The van der Waals surface area contributed by atoms with Gasteiger partial charge < -0.3 is 10.5 Å². The number of aromatic nitrogens is 5. The van der Waals surface area contributed by atoms with E-state index in [1.54, 1.807) is 24.3 Å². The van der Waals surface area contributed by atoms with Gasteiger partial charge in [0.25, 0.3) is 5.91 Å². The first-order valence-electron chi connectivity index (χ1n) is 10.2. The van der Waals surface area contributed by atoms with Crippen LogP contribution in [-0.2, 0) is 0 Å². The van der Waals surface area contributed by atoms with Gasteiger partial charge in [-0.15, -0.1) is 5.10 Å². The highest BCUT2D eigenvalue weighted by Crippen LogP contribution is 2.28. The molecule has 0 saturated carbocycles. The summed E-state index contributed by atoms with van der Waals surface area (Å²) >= 11 is 0. The number of hydrogen-bond acceptors (Lipinski definition) is 9. The molecule has 0 fully saturated rings. The van der Waals surface area contributed by atoms with E-state index in [-0.39, 0.29) is 17.3 Å². The molecule has 0 radical (unpaired) electrons. The Morgan fingerprint density at radius 1 is 1.12 bits per heavy atom. The number of benzene rings is 2. The molecule has 0 aliphatic carbocycles. The molecule has 0 aliphatic heterocycles. The lowest BCUT2D eigenvalue weighted by Crippen LogP contribution is -2.36. The standard InChI is InChI=1S/C22H22N8O3/c1-3-13-32-17-11-9-16(10-12-17)19-18(25-29-30(19)21-20(23)27-33-28-21)22(31)26-24-14(2)15-7-5-4-6-8-15/h4-12,24H,2-3,13H2,1H3,(H2,23,27)(H,26,31). The van der Waals surface area contributed by atoms with Crippen molar-refractivity contribution in [3.05, 3.63) is 72.4 Å². The monoisotopic (exact) mass is 446 g/mol. The van der Waals surface area contributed by atoms with Crippen molar-refractivity contribution in [2.75, 3.05) is 12.3 Å². The van der Waals surface area contributed by atoms with Crippen LogP contribution in [0.15, 0.2) is 65.8 Å². The maximum atomic E-state index is 13.0. The lowest BCUT2D eigenvalue weighted by Gasteiger charge is -2.11. The zero-order chi connectivity index (χ0) is 23.2. The third-order valence-electron chi connectivity index (χ3n) is 4.63. The molecule has 11 heteroatoms. The lowest BCUT2D eigenvalue weighted by atomic mass is 10.1. The molecule has 11 nitrogen and oxygen atoms in total. The van der Waals surface area contributed by atoms with E-state index < -0.39 is 5.91 Å². The fourth-order valence-electron chi connectivity index (χ4n) is 3.01. The second-order valence-corrected chi connectivity index (χ2v) is 6.97. The van der Waals surface area contributed by atoms with Crippen LogP contribution in [0.2, 0.25) is 0 Å². The number of anilines is 1. The second-order valence-electron chi connectivity index (χ2n) is 6.97. The molecule has 0 spiro atoms. The fourth-order valence-corrected chi connectivity index (χ4v) is 3.01. The minimum absolute atomic E-state index is 0.00610. The largest absolute Gasteiger partial charge is 0.494 e. The van der Waals surface area contributed by atoms with E-state index in [2.05, 4.69) is 38.1 Å². The van der Waals surface area contributed by atoms with Crippen molar-refractivity contribution in [3.8, 4) is 22.8 Å². The number of carbonyl (C=O) groups excluding carboxylic acids is 1. The van der Waals surface area contributed by atoms with Gasteiger partial charge in [-0.3, -0.25) is 15.6 Å². The average molecular weight is 446 g/mol. The highest BCUT2D eigenvalue weighted by molar-refractivity contribution is 5.98. The molecule has 33 heavy (non-hydrogen) atoms. The highest BCUT2D eigenvalue weighted by atomic mass is 16.6. The summed E-state index contributed by atoms with van der Waals surface area (Å²) in [5, 5.41) is 15.5. The topological polar surface area (TPSA) is 146 Å². The van der Waals surface area contributed by atoms with Crippen LogP contribution in [0.3, 0.4) is 0 Å². The van der Waals surface area contributed by atoms with Crippen molar-refractivity contribution in [3.63, 3.8) is 0 Å². The van der Waals surface area contributed by atoms with E-state index in [0.717, 1.165) is 12.0 Å². The summed E-state index contributed by atoms with van der Waals surface area (Å²) in [6.07, 6.45) is 0.891. The van der Waals surface area contributed by atoms with Crippen LogP contribution in [-0.4, -0.2) is 37.8 Å². The van der Waals surface area contributed by atoms with Crippen molar-refractivity contribution in [2.24, 2.45) is 0 Å². The number of carbonyl (C=O) groups is 1. The van der Waals surface area contributed by atoms with Gasteiger partial charge in [0.15, 0.2) is 5.69 Å². The Kier molecular flexibility index (Phi) is 6.30. The highest BCUT2D eigenvalue weighted by Gasteiger charge is 2.25. The van der Waals surface area contributed by atoms with Crippen molar-refractivity contribution in [1.29, 1.82) is 0 Å². The van der Waals surface area contributed by atoms with E-state index >= 15 is 0 Å². The predicted octanol–water partition coefficient (Wildman–Crippen LogP) is 2.59. The molecule has 2 aromatic heterocycles. The molecule has 0 saturated heterocycles. The molecule has 2 aromatic carbocycles. The number of rotatable bonds is 9. The van der Waals surface area contributed by atoms with E-state index in [1.165, 1.54) is 4.68 Å². The quantitative estimate of drug-likeness (QED) is 0.330. The first kappa shape index (κ1) is 21.6. The molecule has 1 amide bonds. The Morgan fingerprint density at radius 2 is 1.88 bits per heavy atom. The SMILES string of the molecule is C=C(NNC(=O)c1nnn(-c2nonc2N)c1-c1ccc(OCCC)cc1)c1ccccc1. The molecule has 0 bridgehead atoms. The Balaban J connectivity index is 1.64. The summed E-state index contributed by atoms with van der Waals surface area (Å²) < 4.78 is 11.6. The van der Waals surface area contributed by atoms with Crippen LogP contribution >= 0.6 is 0 Å². The minimum Gasteiger partial charge on any atom is -0.494 e.